The summed E-state index contributed by atoms with van der Waals surface area (Å²) in [6.07, 6.45) is -3.70. The number of hydrogen-bond acceptors (Lipinski definition) is 2. The summed E-state index contributed by atoms with van der Waals surface area (Å²) in [5.74, 6) is 0. The Morgan fingerprint density at radius 1 is 1.20 bits per heavy atom. The van der Waals surface area contributed by atoms with E-state index in [4.69, 9.17) is 4.74 Å². The van der Waals surface area contributed by atoms with Crippen molar-refractivity contribution in [1.82, 2.24) is 4.90 Å². The number of nitrogens with zero attached hydrogens (tertiary/aromatic N) is 1. The van der Waals surface area contributed by atoms with E-state index in [-0.39, 0.29) is 6.10 Å². The SMILES string of the molecule is CC(C)(N1CCC(OCc2ccccc2)C1)C(F)(F)F. The van der Waals surface area contributed by atoms with Crippen LogP contribution in [-0.2, 0) is 11.3 Å². The molecule has 5 heteroatoms. The van der Waals surface area contributed by atoms with E-state index >= 15 is 0 Å². The molecular weight excluding hydrogens is 267 g/mol. The van der Waals surface area contributed by atoms with Crippen LogP contribution >= 0.6 is 0 Å². The van der Waals surface area contributed by atoms with Crippen molar-refractivity contribution in [2.45, 2.75) is 44.7 Å². The summed E-state index contributed by atoms with van der Waals surface area (Å²) in [6.45, 7) is 3.66. The molecule has 1 fully saturated rings. The van der Waals surface area contributed by atoms with E-state index in [2.05, 4.69) is 0 Å². The number of likely N-dealkylation sites (tertiary alicyclic amines) is 1. The Morgan fingerprint density at radius 3 is 2.45 bits per heavy atom. The predicted octanol–water partition coefficient (Wildman–Crippen LogP) is 3.62. The van der Waals surface area contributed by atoms with Gasteiger partial charge in [0.1, 0.15) is 5.54 Å². The molecule has 2 nitrogen and oxygen atoms in total. The van der Waals surface area contributed by atoms with Gasteiger partial charge < -0.3 is 4.74 Å². The van der Waals surface area contributed by atoms with Gasteiger partial charge in [-0.2, -0.15) is 13.2 Å². The van der Waals surface area contributed by atoms with Crippen LogP contribution in [0.2, 0.25) is 0 Å². The summed E-state index contributed by atoms with van der Waals surface area (Å²) in [7, 11) is 0. The molecule has 0 N–H and O–H groups in total. The first-order valence-corrected chi connectivity index (χ1v) is 6.78. The van der Waals surface area contributed by atoms with Gasteiger partial charge in [-0.25, -0.2) is 0 Å². The summed E-state index contributed by atoms with van der Waals surface area (Å²) in [5, 5.41) is 0. The second-order valence-electron chi connectivity index (χ2n) is 5.71. The average Bonchev–Trinajstić information content (AvgIpc) is 2.85. The van der Waals surface area contributed by atoms with Gasteiger partial charge in [0, 0.05) is 13.1 Å². The highest BCUT2D eigenvalue weighted by Crippen LogP contribution is 2.37. The lowest BCUT2D eigenvalue weighted by Crippen LogP contribution is -2.53. The lowest BCUT2D eigenvalue weighted by Gasteiger charge is -2.37. The van der Waals surface area contributed by atoms with E-state index in [1.54, 1.807) is 0 Å². The van der Waals surface area contributed by atoms with Crippen molar-refractivity contribution in [1.29, 1.82) is 0 Å². The minimum atomic E-state index is -4.22. The molecule has 1 aromatic rings. The molecule has 0 saturated carbocycles. The van der Waals surface area contributed by atoms with Crippen LogP contribution in [0.3, 0.4) is 0 Å². The topological polar surface area (TPSA) is 12.5 Å². The van der Waals surface area contributed by atoms with Gasteiger partial charge in [-0.05, 0) is 25.8 Å². The van der Waals surface area contributed by atoms with Crippen LogP contribution < -0.4 is 0 Å². The maximum atomic E-state index is 13.0. The fourth-order valence-corrected chi connectivity index (χ4v) is 2.34. The summed E-state index contributed by atoms with van der Waals surface area (Å²) in [6, 6.07) is 9.67. The third-order valence-corrected chi connectivity index (χ3v) is 3.96. The van der Waals surface area contributed by atoms with Crippen molar-refractivity contribution in [3.8, 4) is 0 Å². The molecule has 0 bridgehead atoms. The van der Waals surface area contributed by atoms with Gasteiger partial charge in [-0.1, -0.05) is 30.3 Å². The maximum absolute atomic E-state index is 13.0. The fraction of sp³-hybridized carbons (Fsp3) is 0.600. The molecule has 1 aliphatic heterocycles. The molecule has 0 aromatic heterocycles. The molecule has 112 valence electrons. The normalized spacial score (nSPS) is 21.4. The lowest BCUT2D eigenvalue weighted by atomic mass is 10.0. The summed E-state index contributed by atoms with van der Waals surface area (Å²) >= 11 is 0. The molecule has 1 atom stereocenters. The zero-order valence-corrected chi connectivity index (χ0v) is 11.8. The molecule has 20 heavy (non-hydrogen) atoms. The zero-order valence-electron chi connectivity index (χ0n) is 11.8. The third kappa shape index (κ3) is 3.33. The minimum absolute atomic E-state index is 0.128. The van der Waals surface area contributed by atoms with Crippen molar-refractivity contribution in [3.63, 3.8) is 0 Å². The molecule has 2 rings (SSSR count). The Morgan fingerprint density at radius 2 is 1.85 bits per heavy atom. The van der Waals surface area contributed by atoms with Crippen molar-refractivity contribution >= 4 is 0 Å². The molecule has 1 aliphatic rings. The van der Waals surface area contributed by atoms with Crippen LogP contribution in [0.5, 0.6) is 0 Å². The molecule has 1 aromatic carbocycles. The number of alkyl halides is 3. The Balaban J connectivity index is 1.87. The van der Waals surface area contributed by atoms with E-state index in [1.807, 2.05) is 30.3 Å². The van der Waals surface area contributed by atoms with Gasteiger partial charge in [0.2, 0.25) is 0 Å². The van der Waals surface area contributed by atoms with Gasteiger partial charge in [0.25, 0.3) is 0 Å². The first-order valence-electron chi connectivity index (χ1n) is 6.78. The molecular formula is C15H20F3NO. The maximum Gasteiger partial charge on any atom is 0.406 e. The number of rotatable bonds is 4. The van der Waals surface area contributed by atoms with Gasteiger partial charge in [-0.15, -0.1) is 0 Å². The van der Waals surface area contributed by atoms with Gasteiger partial charge in [-0.3, -0.25) is 4.90 Å². The standard InChI is InChI=1S/C15H20F3NO/c1-14(2,15(16,17)18)19-9-8-13(10-19)20-11-12-6-4-3-5-7-12/h3-7,13H,8-11H2,1-2H3. The Bertz CT molecular complexity index is 430. The van der Waals surface area contributed by atoms with Crippen molar-refractivity contribution in [3.05, 3.63) is 35.9 Å². The lowest BCUT2D eigenvalue weighted by molar-refractivity contribution is -0.218. The molecule has 0 radical (unpaired) electrons. The first kappa shape index (κ1) is 15.3. The monoisotopic (exact) mass is 287 g/mol. The van der Waals surface area contributed by atoms with E-state index in [0.29, 0.717) is 26.1 Å². The highest BCUT2D eigenvalue weighted by molar-refractivity contribution is 5.13. The molecule has 1 saturated heterocycles. The molecule has 0 aliphatic carbocycles. The largest absolute Gasteiger partial charge is 0.406 e. The second-order valence-corrected chi connectivity index (χ2v) is 5.71. The average molecular weight is 287 g/mol. The molecule has 0 spiro atoms. The smallest absolute Gasteiger partial charge is 0.372 e. The van der Waals surface area contributed by atoms with Gasteiger partial charge in [0.15, 0.2) is 0 Å². The highest BCUT2D eigenvalue weighted by Gasteiger charge is 2.52. The van der Waals surface area contributed by atoms with Crippen molar-refractivity contribution < 1.29 is 17.9 Å². The van der Waals surface area contributed by atoms with Crippen LogP contribution in [0.4, 0.5) is 13.2 Å². The summed E-state index contributed by atoms with van der Waals surface area (Å²) in [5.41, 5.74) is -0.751. The Hall–Kier alpha value is -1.07. The van der Waals surface area contributed by atoms with E-state index in [0.717, 1.165) is 5.56 Å². The van der Waals surface area contributed by atoms with E-state index in [1.165, 1.54) is 18.7 Å². The van der Waals surface area contributed by atoms with E-state index < -0.39 is 11.7 Å². The first-order chi connectivity index (χ1) is 9.30. The molecule has 1 heterocycles. The fourth-order valence-electron chi connectivity index (χ4n) is 2.34. The quantitative estimate of drug-likeness (QED) is 0.838. The summed E-state index contributed by atoms with van der Waals surface area (Å²) < 4.78 is 44.7. The second kappa shape index (κ2) is 5.74. The minimum Gasteiger partial charge on any atom is -0.372 e. The van der Waals surface area contributed by atoms with Gasteiger partial charge >= 0.3 is 6.18 Å². The van der Waals surface area contributed by atoms with Gasteiger partial charge in [0.05, 0.1) is 12.7 Å². The van der Waals surface area contributed by atoms with Crippen LogP contribution in [-0.4, -0.2) is 35.8 Å². The Labute approximate surface area is 117 Å². The Kier molecular flexibility index (Phi) is 4.39. The third-order valence-electron chi connectivity index (χ3n) is 3.96. The molecule has 0 amide bonds. The van der Waals surface area contributed by atoms with E-state index in [9.17, 15) is 13.2 Å². The van der Waals surface area contributed by atoms with Crippen molar-refractivity contribution in [2.24, 2.45) is 0 Å². The van der Waals surface area contributed by atoms with Crippen LogP contribution in [0.1, 0.15) is 25.8 Å². The van der Waals surface area contributed by atoms with Crippen LogP contribution in [0, 0.1) is 0 Å². The van der Waals surface area contributed by atoms with Crippen LogP contribution in [0.15, 0.2) is 30.3 Å². The molecule has 1 unspecified atom stereocenters. The highest BCUT2D eigenvalue weighted by atomic mass is 19.4. The van der Waals surface area contributed by atoms with Crippen molar-refractivity contribution in [2.75, 3.05) is 13.1 Å². The van der Waals surface area contributed by atoms with Crippen LogP contribution in [0.25, 0.3) is 0 Å². The number of halogens is 3. The number of benzene rings is 1. The number of ether oxygens (including phenoxy) is 1. The summed E-state index contributed by atoms with van der Waals surface area (Å²) in [4.78, 5) is 1.46. The number of hydrogen-bond donors (Lipinski definition) is 0. The predicted molar refractivity (Wildman–Crippen MR) is 71.3 cm³/mol. The zero-order chi connectivity index (χ0) is 14.8.